The number of aryl methyl sites for hydroxylation is 2. The summed E-state index contributed by atoms with van der Waals surface area (Å²) < 4.78 is 2.89. The summed E-state index contributed by atoms with van der Waals surface area (Å²) in [4.78, 5) is 22.3. The Balaban J connectivity index is 2.00. The number of rotatable bonds is 7. The van der Waals surface area contributed by atoms with Crippen LogP contribution in [0.1, 0.15) is 47.9 Å². The summed E-state index contributed by atoms with van der Waals surface area (Å²) in [5.41, 5.74) is 3.98. The smallest absolute Gasteiger partial charge is 0.278 e. The molecule has 0 spiro atoms. The molecule has 0 aliphatic rings. The van der Waals surface area contributed by atoms with Gasteiger partial charge in [0.05, 0.1) is 10.2 Å². The van der Waals surface area contributed by atoms with Crippen molar-refractivity contribution in [2.45, 2.75) is 40.2 Å². The van der Waals surface area contributed by atoms with E-state index in [1.807, 2.05) is 32.8 Å². The maximum Gasteiger partial charge on any atom is 0.278 e. The maximum absolute atomic E-state index is 13.5. The summed E-state index contributed by atoms with van der Waals surface area (Å²) in [7, 11) is 4.09. The molecule has 28 heavy (non-hydrogen) atoms. The first-order valence-electron chi connectivity index (χ1n) is 9.66. The van der Waals surface area contributed by atoms with Crippen molar-refractivity contribution in [1.29, 1.82) is 0 Å². The van der Waals surface area contributed by atoms with Crippen LogP contribution in [0.4, 0.5) is 5.13 Å². The van der Waals surface area contributed by atoms with E-state index in [1.54, 1.807) is 28.3 Å². The van der Waals surface area contributed by atoms with E-state index in [0.717, 1.165) is 28.3 Å². The number of thiazole rings is 1. The molecule has 3 rings (SSSR count). The lowest BCUT2D eigenvalue weighted by atomic mass is 10.1. The van der Waals surface area contributed by atoms with Crippen molar-refractivity contribution in [1.82, 2.24) is 19.7 Å². The second-order valence-electron chi connectivity index (χ2n) is 7.72. The van der Waals surface area contributed by atoms with E-state index in [0.29, 0.717) is 12.2 Å². The topological polar surface area (TPSA) is 54.3 Å². The van der Waals surface area contributed by atoms with Crippen LogP contribution in [-0.4, -0.2) is 52.8 Å². The van der Waals surface area contributed by atoms with Crippen LogP contribution in [0.25, 0.3) is 10.2 Å². The first kappa shape index (κ1) is 20.5. The minimum Gasteiger partial charge on any atom is -0.309 e. The number of hydrogen-bond acceptors (Lipinski definition) is 5. The van der Waals surface area contributed by atoms with E-state index in [9.17, 15) is 4.79 Å². The van der Waals surface area contributed by atoms with E-state index < -0.39 is 0 Å². The van der Waals surface area contributed by atoms with Gasteiger partial charge in [0, 0.05) is 18.8 Å². The fourth-order valence-corrected chi connectivity index (χ4v) is 4.24. The number of aromatic nitrogens is 3. The Bertz CT molecular complexity index is 972. The van der Waals surface area contributed by atoms with E-state index in [-0.39, 0.29) is 11.9 Å². The number of carbonyl (C=O) groups excluding carboxylic acids is 1. The van der Waals surface area contributed by atoms with Gasteiger partial charge in [0.1, 0.15) is 5.69 Å². The molecule has 1 amide bonds. The molecule has 0 fully saturated rings. The van der Waals surface area contributed by atoms with Crippen LogP contribution in [0.2, 0.25) is 0 Å². The molecule has 6 nitrogen and oxygen atoms in total. The van der Waals surface area contributed by atoms with E-state index in [2.05, 4.69) is 36.0 Å². The molecule has 7 heteroatoms. The first-order chi connectivity index (χ1) is 13.3. The van der Waals surface area contributed by atoms with E-state index >= 15 is 0 Å². The molecule has 0 saturated heterocycles. The zero-order valence-electron chi connectivity index (χ0n) is 17.6. The van der Waals surface area contributed by atoms with Crippen LogP contribution in [0, 0.1) is 13.8 Å². The highest BCUT2D eigenvalue weighted by molar-refractivity contribution is 7.22. The summed E-state index contributed by atoms with van der Waals surface area (Å²) in [5, 5.41) is 5.09. The molecule has 0 saturated carbocycles. The minimum absolute atomic E-state index is 0.0432. The first-order valence-corrected chi connectivity index (χ1v) is 10.5. The average molecular weight is 400 g/mol. The van der Waals surface area contributed by atoms with Gasteiger partial charge in [-0.15, -0.1) is 0 Å². The Morgan fingerprint density at radius 2 is 1.93 bits per heavy atom. The van der Waals surface area contributed by atoms with Gasteiger partial charge < -0.3 is 4.90 Å². The number of hydrogen-bond donors (Lipinski definition) is 0. The van der Waals surface area contributed by atoms with Crippen molar-refractivity contribution in [3.63, 3.8) is 0 Å². The monoisotopic (exact) mass is 399 g/mol. The minimum atomic E-state index is -0.0432. The van der Waals surface area contributed by atoms with Crippen LogP contribution in [0.3, 0.4) is 0 Å². The fraction of sp³-hybridized carbons (Fsp3) is 0.476. The Labute approximate surface area is 170 Å². The van der Waals surface area contributed by atoms with Gasteiger partial charge in [-0.05, 0) is 78.0 Å². The number of anilines is 1. The Kier molecular flexibility index (Phi) is 6.15. The lowest BCUT2D eigenvalue weighted by molar-refractivity contribution is 0.0974. The van der Waals surface area contributed by atoms with Crippen LogP contribution in [-0.2, 0) is 0 Å². The quantitative estimate of drug-likeness (QED) is 0.595. The number of fused-ring (bicyclic) bond motifs is 1. The normalized spacial score (nSPS) is 11.7. The van der Waals surface area contributed by atoms with Crippen LogP contribution in [0.15, 0.2) is 24.4 Å². The molecule has 0 bridgehead atoms. The summed E-state index contributed by atoms with van der Waals surface area (Å²) in [6.07, 6.45) is 2.57. The molecule has 2 aromatic heterocycles. The molecular weight excluding hydrogens is 370 g/mol. The van der Waals surface area contributed by atoms with Gasteiger partial charge in [-0.1, -0.05) is 17.4 Å². The molecule has 0 N–H and O–H groups in total. The molecule has 2 heterocycles. The molecule has 0 aliphatic heterocycles. The zero-order valence-corrected chi connectivity index (χ0v) is 18.4. The Morgan fingerprint density at radius 1 is 1.18 bits per heavy atom. The summed E-state index contributed by atoms with van der Waals surface area (Å²) in [6, 6.07) is 6.13. The highest BCUT2D eigenvalue weighted by Gasteiger charge is 2.25. The van der Waals surface area contributed by atoms with Gasteiger partial charge in [0.25, 0.3) is 5.91 Å². The molecular formula is C21H29N5OS. The lowest BCUT2D eigenvalue weighted by Crippen LogP contribution is -2.35. The third kappa shape index (κ3) is 4.10. The lowest BCUT2D eigenvalue weighted by Gasteiger charge is -2.22. The van der Waals surface area contributed by atoms with Gasteiger partial charge in [0.2, 0.25) is 0 Å². The Hall–Kier alpha value is -2.25. The largest absolute Gasteiger partial charge is 0.309 e. The predicted molar refractivity (Wildman–Crippen MR) is 117 cm³/mol. The van der Waals surface area contributed by atoms with Crippen LogP contribution in [0.5, 0.6) is 0 Å². The molecule has 0 aliphatic carbocycles. The SMILES string of the molecule is Cc1ccc2sc(N(CCCN(C)C)C(=O)c3ccnn3C(C)C)nc2c1C. The predicted octanol–water partition coefficient (Wildman–Crippen LogP) is 4.29. The molecule has 150 valence electrons. The van der Waals surface area contributed by atoms with Crippen molar-refractivity contribution in [2.75, 3.05) is 32.1 Å². The molecule has 0 atom stereocenters. The molecule has 1 aromatic carbocycles. The fourth-order valence-electron chi connectivity index (χ4n) is 3.19. The van der Waals surface area contributed by atoms with Crippen molar-refractivity contribution >= 4 is 32.6 Å². The number of nitrogens with zero attached hydrogens (tertiary/aromatic N) is 5. The average Bonchev–Trinajstić information content (AvgIpc) is 3.28. The number of benzene rings is 1. The van der Waals surface area contributed by atoms with Gasteiger partial charge in [-0.3, -0.25) is 14.4 Å². The standard InChI is InChI=1S/C21H29N5OS/c1-14(2)26-17(10-11-22-26)20(27)25(13-7-12-24(5)6)21-23-19-16(4)15(3)8-9-18(19)28-21/h8-11,14H,7,12-13H2,1-6H3. The summed E-state index contributed by atoms with van der Waals surface area (Å²) >= 11 is 1.58. The molecule has 0 radical (unpaired) electrons. The van der Waals surface area contributed by atoms with Crippen LogP contribution < -0.4 is 4.90 Å². The zero-order chi connectivity index (χ0) is 20.4. The summed E-state index contributed by atoms with van der Waals surface area (Å²) in [5.74, 6) is -0.0432. The number of carbonyl (C=O) groups is 1. The van der Waals surface area contributed by atoms with Crippen LogP contribution >= 0.6 is 11.3 Å². The Morgan fingerprint density at radius 3 is 2.61 bits per heavy atom. The van der Waals surface area contributed by atoms with Crippen molar-refractivity contribution < 1.29 is 4.79 Å². The molecule has 0 unspecified atom stereocenters. The second kappa shape index (κ2) is 8.41. The van der Waals surface area contributed by atoms with Gasteiger partial charge >= 0.3 is 0 Å². The third-order valence-electron chi connectivity index (χ3n) is 4.92. The summed E-state index contributed by atoms with van der Waals surface area (Å²) in [6.45, 7) is 9.78. The highest BCUT2D eigenvalue weighted by Crippen LogP contribution is 2.32. The maximum atomic E-state index is 13.5. The van der Waals surface area contributed by atoms with E-state index in [4.69, 9.17) is 4.98 Å². The molecule has 3 aromatic rings. The van der Waals surface area contributed by atoms with Gasteiger partial charge in [-0.25, -0.2) is 4.98 Å². The van der Waals surface area contributed by atoms with Crippen molar-refractivity contribution in [3.8, 4) is 0 Å². The van der Waals surface area contributed by atoms with Gasteiger partial charge in [0.15, 0.2) is 5.13 Å². The van der Waals surface area contributed by atoms with Crippen molar-refractivity contribution in [3.05, 3.63) is 41.2 Å². The highest BCUT2D eigenvalue weighted by atomic mass is 32.1. The van der Waals surface area contributed by atoms with E-state index in [1.165, 1.54) is 11.1 Å². The second-order valence-corrected chi connectivity index (χ2v) is 8.73. The third-order valence-corrected chi connectivity index (χ3v) is 5.96. The van der Waals surface area contributed by atoms with Crippen molar-refractivity contribution in [2.24, 2.45) is 0 Å². The number of amides is 1. The van der Waals surface area contributed by atoms with Gasteiger partial charge in [-0.2, -0.15) is 5.10 Å².